The monoisotopic (exact) mass is 371 g/mol. The summed E-state index contributed by atoms with van der Waals surface area (Å²) in [5.41, 5.74) is 3.44. The number of imidazole rings is 1. The van der Waals surface area contributed by atoms with E-state index in [0.29, 0.717) is 0 Å². The SMILES string of the molecule is Cc1ccc(-n2cc[n+](Cc3ccccc3)c2/C=N/O)cc1.[Br-]. The topological polar surface area (TPSA) is 41.4 Å². The van der Waals surface area contributed by atoms with Gasteiger partial charge in [-0.05, 0) is 24.6 Å². The second-order valence-electron chi connectivity index (χ2n) is 5.22. The maximum atomic E-state index is 8.99. The van der Waals surface area contributed by atoms with Crippen molar-refractivity contribution in [2.75, 3.05) is 0 Å². The van der Waals surface area contributed by atoms with Crippen molar-refractivity contribution in [3.05, 3.63) is 83.9 Å². The quantitative estimate of drug-likeness (QED) is 0.296. The Bertz CT molecular complexity index is 780. The van der Waals surface area contributed by atoms with Gasteiger partial charge in [0.1, 0.15) is 24.6 Å². The lowest BCUT2D eigenvalue weighted by Crippen LogP contribution is -3.00. The number of hydrogen-bond donors (Lipinski definition) is 1. The van der Waals surface area contributed by atoms with Crippen LogP contribution in [-0.4, -0.2) is 16.0 Å². The normalized spacial score (nSPS) is 10.7. The Kier molecular flexibility index (Phi) is 5.71. The molecule has 0 aliphatic heterocycles. The van der Waals surface area contributed by atoms with Gasteiger partial charge in [-0.3, -0.25) is 0 Å². The van der Waals surface area contributed by atoms with E-state index >= 15 is 0 Å². The van der Waals surface area contributed by atoms with Crippen molar-refractivity contribution in [1.82, 2.24) is 4.57 Å². The molecule has 3 aromatic rings. The average Bonchev–Trinajstić information content (AvgIpc) is 2.92. The van der Waals surface area contributed by atoms with Crippen molar-refractivity contribution in [3.8, 4) is 5.69 Å². The number of halogens is 1. The summed E-state index contributed by atoms with van der Waals surface area (Å²) in [6.07, 6.45) is 5.43. The third kappa shape index (κ3) is 3.87. The molecule has 118 valence electrons. The lowest BCUT2D eigenvalue weighted by atomic mass is 10.2. The summed E-state index contributed by atoms with van der Waals surface area (Å²) in [6, 6.07) is 18.4. The van der Waals surface area contributed by atoms with E-state index in [-0.39, 0.29) is 17.0 Å². The summed E-state index contributed by atoms with van der Waals surface area (Å²) >= 11 is 0. The number of hydrogen-bond acceptors (Lipinski definition) is 2. The summed E-state index contributed by atoms with van der Waals surface area (Å²) in [5.74, 6) is 0.815. The van der Waals surface area contributed by atoms with E-state index in [4.69, 9.17) is 5.21 Å². The molecular formula is C18H18BrN3O. The molecule has 3 rings (SSSR count). The van der Waals surface area contributed by atoms with Gasteiger partial charge in [-0.2, -0.15) is 4.57 Å². The van der Waals surface area contributed by atoms with Gasteiger partial charge in [-0.15, -0.1) is 0 Å². The molecule has 1 aromatic heterocycles. The van der Waals surface area contributed by atoms with Gasteiger partial charge >= 0.3 is 5.82 Å². The van der Waals surface area contributed by atoms with Gasteiger partial charge in [-0.1, -0.05) is 53.2 Å². The van der Waals surface area contributed by atoms with Crippen molar-refractivity contribution in [1.29, 1.82) is 0 Å². The highest BCUT2D eigenvalue weighted by atomic mass is 79.9. The second-order valence-corrected chi connectivity index (χ2v) is 5.22. The van der Waals surface area contributed by atoms with Crippen LogP contribution in [-0.2, 0) is 6.54 Å². The molecule has 2 aromatic carbocycles. The first-order chi connectivity index (χ1) is 10.8. The third-order valence-electron chi connectivity index (χ3n) is 3.62. The summed E-state index contributed by atoms with van der Waals surface area (Å²) in [7, 11) is 0. The van der Waals surface area contributed by atoms with Crippen molar-refractivity contribution in [2.45, 2.75) is 13.5 Å². The zero-order valence-electron chi connectivity index (χ0n) is 12.8. The number of oxime groups is 1. The van der Waals surface area contributed by atoms with Gasteiger partial charge in [0.15, 0.2) is 6.21 Å². The summed E-state index contributed by atoms with van der Waals surface area (Å²) < 4.78 is 4.05. The Morgan fingerprint density at radius 2 is 1.78 bits per heavy atom. The third-order valence-corrected chi connectivity index (χ3v) is 3.62. The lowest BCUT2D eigenvalue weighted by Gasteiger charge is -2.02. The van der Waals surface area contributed by atoms with E-state index < -0.39 is 0 Å². The number of rotatable bonds is 4. The van der Waals surface area contributed by atoms with Gasteiger partial charge in [-0.25, -0.2) is 4.57 Å². The smallest absolute Gasteiger partial charge is 0.309 e. The number of aromatic nitrogens is 2. The number of benzene rings is 2. The molecule has 0 unspecified atom stereocenters. The van der Waals surface area contributed by atoms with E-state index in [1.54, 1.807) is 0 Å². The Morgan fingerprint density at radius 1 is 1.09 bits per heavy atom. The van der Waals surface area contributed by atoms with Gasteiger partial charge in [0, 0.05) is 0 Å². The van der Waals surface area contributed by atoms with Crippen LogP contribution in [0.25, 0.3) is 5.69 Å². The molecule has 0 amide bonds. The predicted molar refractivity (Wildman–Crippen MR) is 85.6 cm³/mol. The van der Waals surface area contributed by atoms with Crippen molar-refractivity contribution in [3.63, 3.8) is 0 Å². The van der Waals surface area contributed by atoms with E-state index in [1.807, 2.05) is 35.2 Å². The fraction of sp³-hybridized carbons (Fsp3) is 0.111. The van der Waals surface area contributed by atoms with Crippen LogP contribution in [0.5, 0.6) is 0 Å². The van der Waals surface area contributed by atoms with Crippen LogP contribution >= 0.6 is 0 Å². The van der Waals surface area contributed by atoms with Gasteiger partial charge in [0.25, 0.3) is 0 Å². The van der Waals surface area contributed by atoms with Crippen molar-refractivity contribution >= 4 is 6.21 Å². The molecule has 0 bridgehead atoms. The molecule has 0 radical (unpaired) electrons. The van der Waals surface area contributed by atoms with Crippen LogP contribution in [0.1, 0.15) is 17.0 Å². The van der Waals surface area contributed by atoms with Crippen LogP contribution in [0.4, 0.5) is 0 Å². The fourth-order valence-electron chi connectivity index (χ4n) is 2.46. The van der Waals surface area contributed by atoms with E-state index in [9.17, 15) is 0 Å². The second kappa shape index (κ2) is 7.74. The van der Waals surface area contributed by atoms with Crippen molar-refractivity contribution in [2.24, 2.45) is 5.16 Å². The molecule has 1 heterocycles. The minimum atomic E-state index is 0. The molecule has 0 saturated carbocycles. The van der Waals surface area contributed by atoms with Crippen LogP contribution in [0.15, 0.2) is 72.1 Å². The first kappa shape index (κ1) is 17.0. The van der Waals surface area contributed by atoms with Gasteiger partial charge < -0.3 is 22.2 Å². The van der Waals surface area contributed by atoms with Crippen molar-refractivity contribution < 1.29 is 26.8 Å². The maximum absolute atomic E-state index is 8.99. The van der Waals surface area contributed by atoms with E-state index in [2.05, 4.69) is 53.0 Å². The minimum Gasteiger partial charge on any atom is -1.00 e. The van der Waals surface area contributed by atoms with Crippen LogP contribution < -0.4 is 21.5 Å². The molecule has 0 fully saturated rings. The molecule has 5 heteroatoms. The zero-order chi connectivity index (χ0) is 15.4. The minimum absolute atomic E-state index is 0. The molecular weight excluding hydrogens is 354 g/mol. The molecule has 0 atom stereocenters. The first-order valence-corrected chi connectivity index (χ1v) is 7.17. The molecule has 1 N–H and O–H groups in total. The highest BCUT2D eigenvalue weighted by Crippen LogP contribution is 2.11. The summed E-state index contributed by atoms with van der Waals surface area (Å²) in [5, 5.41) is 12.2. The molecule has 0 aliphatic carbocycles. The first-order valence-electron chi connectivity index (χ1n) is 7.17. The highest BCUT2D eigenvalue weighted by Gasteiger charge is 2.17. The van der Waals surface area contributed by atoms with Gasteiger partial charge in [0.05, 0.1) is 0 Å². The fourth-order valence-corrected chi connectivity index (χ4v) is 2.46. The Morgan fingerprint density at radius 3 is 2.43 bits per heavy atom. The van der Waals surface area contributed by atoms with Crippen LogP contribution in [0.2, 0.25) is 0 Å². The molecule has 0 saturated heterocycles. The standard InChI is InChI=1S/C18H17N3O.BrH/c1-15-7-9-17(10-8-15)21-12-11-20(18(21)13-19-22)14-16-5-3-2-4-6-16;/h2-13H,14H2,1H3;1H. The predicted octanol–water partition coefficient (Wildman–Crippen LogP) is -0.0664. The molecule has 23 heavy (non-hydrogen) atoms. The van der Waals surface area contributed by atoms with E-state index in [0.717, 1.165) is 18.1 Å². The Labute approximate surface area is 146 Å². The average molecular weight is 372 g/mol. The maximum Gasteiger partial charge on any atom is 0.309 e. The zero-order valence-corrected chi connectivity index (χ0v) is 14.4. The number of aryl methyl sites for hydroxylation is 1. The van der Waals surface area contributed by atoms with Gasteiger partial charge in [0.2, 0.25) is 0 Å². The number of nitrogens with zero attached hydrogens (tertiary/aromatic N) is 3. The van der Waals surface area contributed by atoms with Crippen LogP contribution in [0.3, 0.4) is 0 Å². The Hall–Kier alpha value is -2.40. The summed E-state index contributed by atoms with van der Waals surface area (Å²) in [6.45, 7) is 2.78. The Balaban J connectivity index is 0.00000192. The molecule has 4 nitrogen and oxygen atoms in total. The largest absolute Gasteiger partial charge is 1.00 e. The van der Waals surface area contributed by atoms with E-state index in [1.165, 1.54) is 17.3 Å². The molecule has 0 spiro atoms. The van der Waals surface area contributed by atoms with Crippen LogP contribution in [0, 0.1) is 6.92 Å². The molecule has 0 aliphatic rings. The lowest BCUT2D eigenvalue weighted by molar-refractivity contribution is -0.688. The highest BCUT2D eigenvalue weighted by molar-refractivity contribution is 5.73. The summed E-state index contributed by atoms with van der Waals surface area (Å²) in [4.78, 5) is 0.